The first-order chi connectivity index (χ1) is 14.9. The van der Waals surface area contributed by atoms with Gasteiger partial charge in [-0.3, -0.25) is 4.79 Å². The first-order valence-corrected chi connectivity index (χ1v) is 10.8. The molecular weight excluding hydrogens is 436 g/mol. The first kappa shape index (κ1) is 22.7. The summed E-state index contributed by atoms with van der Waals surface area (Å²) in [5.74, 6) is -2.63. The molecule has 0 aliphatic rings. The van der Waals surface area contributed by atoms with Crippen molar-refractivity contribution < 1.29 is 13.6 Å². The van der Waals surface area contributed by atoms with Crippen LogP contribution in [0, 0.1) is 0 Å². The third-order valence-electron chi connectivity index (χ3n) is 4.37. The molecule has 3 rings (SSSR count). The summed E-state index contributed by atoms with van der Waals surface area (Å²) >= 11 is 5.86. The number of hydrogen-bond acceptors (Lipinski definition) is 3. The van der Waals surface area contributed by atoms with Crippen molar-refractivity contribution in [3.63, 3.8) is 0 Å². The monoisotopic (exact) mass is 457 g/mol. The van der Waals surface area contributed by atoms with Crippen LogP contribution >= 0.6 is 24.0 Å². The summed E-state index contributed by atoms with van der Waals surface area (Å²) in [6.07, 6.45) is 0. The smallest absolute Gasteiger partial charge is 0.288 e. The number of nitrogens with one attached hydrogen (secondary N) is 3. The number of thiocarbonyl (C=S) groups is 1. The Balaban J connectivity index is 1.57. The van der Waals surface area contributed by atoms with Crippen LogP contribution in [0.5, 0.6) is 0 Å². The number of alkyl halides is 2. The SMILES string of the molecule is CC(NC(=S)Nc1ccc(SC(F)F)cc1)c1cccc(NC(=O)c2ccccc2)c1. The van der Waals surface area contributed by atoms with Gasteiger partial charge in [-0.25, -0.2) is 0 Å². The molecule has 0 saturated heterocycles. The predicted molar refractivity (Wildman–Crippen MR) is 127 cm³/mol. The molecule has 0 heterocycles. The van der Waals surface area contributed by atoms with Crippen LogP contribution in [-0.2, 0) is 0 Å². The molecule has 1 unspecified atom stereocenters. The van der Waals surface area contributed by atoms with Crippen molar-refractivity contribution in [1.29, 1.82) is 0 Å². The van der Waals surface area contributed by atoms with Crippen LogP contribution in [0.4, 0.5) is 20.2 Å². The van der Waals surface area contributed by atoms with E-state index in [9.17, 15) is 13.6 Å². The van der Waals surface area contributed by atoms with Gasteiger partial charge in [0.1, 0.15) is 0 Å². The highest BCUT2D eigenvalue weighted by molar-refractivity contribution is 7.99. The highest BCUT2D eigenvalue weighted by Crippen LogP contribution is 2.26. The average molecular weight is 458 g/mol. The lowest BCUT2D eigenvalue weighted by Gasteiger charge is -2.18. The molecule has 3 aromatic carbocycles. The molecule has 160 valence electrons. The average Bonchev–Trinajstić information content (AvgIpc) is 2.75. The van der Waals surface area contributed by atoms with Gasteiger partial charge in [0.05, 0.1) is 6.04 Å². The Morgan fingerprint density at radius 2 is 1.61 bits per heavy atom. The Hall–Kier alpha value is -2.97. The minimum atomic E-state index is -2.45. The number of amides is 1. The van der Waals surface area contributed by atoms with Crippen molar-refractivity contribution in [2.24, 2.45) is 0 Å². The quantitative estimate of drug-likeness (QED) is 0.287. The predicted octanol–water partition coefficient (Wildman–Crippen LogP) is 6.30. The molecule has 0 fully saturated rings. The molecule has 0 radical (unpaired) electrons. The maximum atomic E-state index is 12.4. The van der Waals surface area contributed by atoms with Crippen molar-refractivity contribution in [2.45, 2.75) is 23.6 Å². The van der Waals surface area contributed by atoms with E-state index in [4.69, 9.17) is 12.2 Å². The Morgan fingerprint density at radius 3 is 2.29 bits per heavy atom. The lowest BCUT2D eigenvalue weighted by Crippen LogP contribution is -2.30. The second-order valence-corrected chi connectivity index (χ2v) is 8.14. The Morgan fingerprint density at radius 1 is 0.903 bits per heavy atom. The molecule has 0 bridgehead atoms. The maximum absolute atomic E-state index is 12.4. The van der Waals surface area contributed by atoms with E-state index in [1.54, 1.807) is 36.4 Å². The van der Waals surface area contributed by atoms with Crippen LogP contribution in [0.2, 0.25) is 0 Å². The summed E-state index contributed by atoms with van der Waals surface area (Å²) in [4.78, 5) is 12.8. The Kier molecular flexibility index (Phi) is 7.97. The topological polar surface area (TPSA) is 53.2 Å². The van der Waals surface area contributed by atoms with E-state index in [2.05, 4.69) is 16.0 Å². The van der Waals surface area contributed by atoms with E-state index in [1.165, 1.54) is 0 Å². The van der Waals surface area contributed by atoms with E-state index in [-0.39, 0.29) is 11.9 Å². The van der Waals surface area contributed by atoms with Crippen LogP contribution in [0.15, 0.2) is 83.8 Å². The van der Waals surface area contributed by atoms with Gasteiger partial charge in [0.2, 0.25) is 0 Å². The maximum Gasteiger partial charge on any atom is 0.288 e. The molecule has 1 amide bonds. The zero-order valence-corrected chi connectivity index (χ0v) is 18.3. The Labute approximate surface area is 189 Å². The molecule has 0 aliphatic carbocycles. The van der Waals surface area contributed by atoms with Crippen molar-refractivity contribution in [3.05, 3.63) is 90.0 Å². The molecule has 8 heteroatoms. The van der Waals surface area contributed by atoms with E-state index >= 15 is 0 Å². The summed E-state index contributed by atoms with van der Waals surface area (Å²) in [5, 5.41) is 9.53. The fourth-order valence-electron chi connectivity index (χ4n) is 2.85. The van der Waals surface area contributed by atoms with Crippen molar-refractivity contribution in [2.75, 3.05) is 10.6 Å². The van der Waals surface area contributed by atoms with Gasteiger partial charge in [0, 0.05) is 21.8 Å². The van der Waals surface area contributed by atoms with Crippen LogP contribution in [0.3, 0.4) is 0 Å². The number of anilines is 2. The molecule has 0 aromatic heterocycles. The zero-order valence-electron chi connectivity index (χ0n) is 16.6. The Bertz CT molecular complexity index is 1030. The molecule has 0 saturated carbocycles. The summed E-state index contributed by atoms with van der Waals surface area (Å²) in [6.45, 7) is 1.95. The highest BCUT2D eigenvalue weighted by Gasteiger charge is 2.11. The van der Waals surface area contributed by atoms with Gasteiger partial charge in [-0.05, 0) is 73.2 Å². The van der Waals surface area contributed by atoms with Crippen LogP contribution < -0.4 is 16.0 Å². The lowest BCUT2D eigenvalue weighted by atomic mass is 10.1. The third-order valence-corrected chi connectivity index (χ3v) is 5.31. The van der Waals surface area contributed by atoms with E-state index < -0.39 is 5.76 Å². The second-order valence-electron chi connectivity index (χ2n) is 6.67. The van der Waals surface area contributed by atoms with Gasteiger partial charge in [-0.2, -0.15) is 8.78 Å². The van der Waals surface area contributed by atoms with Crippen LogP contribution in [0.1, 0.15) is 28.9 Å². The molecule has 0 spiro atoms. The normalized spacial score (nSPS) is 11.6. The van der Waals surface area contributed by atoms with Gasteiger partial charge in [0.25, 0.3) is 11.7 Å². The lowest BCUT2D eigenvalue weighted by molar-refractivity contribution is 0.102. The molecule has 31 heavy (non-hydrogen) atoms. The number of benzene rings is 3. The van der Waals surface area contributed by atoms with E-state index in [0.29, 0.717) is 38.7 Å². The van der Waals surface area contributed by atoms with Crippen LogP contribution in [-0.4, -0.2) is 16.8 Å². The molecule has 1 atom stereocenters. The van der Waals surface area contributed by atoms with Gasteiger partial charge in [-0.1, -0.05) is 42.1 Å². The van der Waals surface area contributed by atoms with E-state index in [0.717, 1.165) is 5.56 Å². The van der Waals surface area contributed by atoms with Gasteiger partial charge < -0.3 is 16.0 Å². The fraction of sp³-hybridized carbons (Fsp3) is 0.130. The molecule has 4 nitrogen and oxygen atoms in total. The largest absolute Gasteiger partial charge is 0.356 e. The fourth-order valence-corrected chi connectivity index (χ4v) is 3.64. The number of halogens is 2. The summed E-state index contributed by atoms with van der Waals surface area (Å²) in [6, 6.07) is 23.0. The third kappa shape index (κ3) is 7.04. The number of thioether (sulfide) groups is 1. The highest BCUT2D eigenvalue weighted by atomic mass is 32.2. The molecule has 0 aliphatic heterocycles. The van der Waals surface area contributed by atoms with Crippen molar-refractivity contribution >= 4 is 46.4 Å². The first-order valence-electron chi connectivity index (χ1n) is 9.49. The zero-order chi connectivity index (χ0) is 22.2. The molecular formula is C23H21F2N3OS2. The number of carbonyl (C=O) groups is 1. The van der Waals surface area contributed by atoms with Crippen molar-refractivity contribution in [1.82, 2.24) is 5.32 Å². The minimum Gasteiger partial charge on any atom is -0.356 e. The van der Waals surface area contributed by atoms with Gasteiger partial charge in [-0.15, -0.1) is 0 Å². The number of hydrogen-bond donors (Lipinski definition) is 3. The number of carbonyl (C=O) groups excluding carboxylic acids is 1. The minimum absolute atomic E-state index is 0.123. The molecule has 3 aromatic rings. The summed E-state index contributed by atoms with van der Waals surface area (Å²) < 4.78 is 24.8. The standard InChI is InChI=1S/C23H21F2N3OS2/c1-15(26-23(30)28-18-10-12-20(13-11-18)31-22(24)25)17-8-5-9-19(14-17)27-21(29)16-6-3-2-4-7-16/h2-15,22H,1H3,(H,27,29)(H2,26,28,30). The number of rotatable bonds is 7. The van der Waals surface area contributed by atoms with E-state index in [1.807, 2.05) is 49.4 Å². The van der Waals surface area contributed by atoms with Crippen molar-refractivity contribution in [3.8, 4) is 0 Å². The summed E-state index contributed by atoms with van der Waals surface area (Å²) in [7, 11) is 0. The second kappa shape index (κ2) is 10.9. The van der Waals surface area contributed by atoms with Gasteiger partial charge in [0.15, 0.2) is 5.11 Å². The summed E-state index contributed by atoms with van der Waals surface area (Å²) in [5.41, 5.74) is 2.92. The van der Waals surface area contributed by atoms with Crippen LogP contribution in [0.25, 0.3) is 0 Å². The van der Waals surface area contributed by atoms with Gasteiger partial charge >= 0.3 is 0 Å². The molecule has 3 N–H and O–H groups in total.